The molecule has 0 radical (unpaired) electrons. The Labute approximate surface area is 127 Å². The highest BCUT2D eigenvalue weighted by Crippen LogP contribution is 2.25. The van der Waals surface area contributed by atoms with Crippen molar-refractivity contribution in [1.82, 2.24) is 9.80 Å². The third kappa shape index (κ3) is 3.12. The summed E-state index contributed by atoms with van der Waals surface area (Å²) in [6, 6.07) is 3.67. The highest BCUT2D eigenvalue weighted by molar-refractivity contribution is 9.10. The Morgan fingerprint density at radius 2 is 1.95 bits per heavy atom. The molecule has 20 heavy (non-hydrogen) atoms. The van der Waals surface area contributed by atoms with E-state index in [9.17, 15) is 9.59 Å². The number of hydrogen-bond acceptors (Lipinski definition) is 2. The lowest BCUT2D eigenvalue weighted by molar-refractivity contribution is -0.133. The Balaban J connectivity index is 2.09. The maximum absolute atomic E-state index is 12.2. The van der Waals surface area contributed by atoms with Gasteiger partial charge < -0.3 is 15.1 Å². The van der Waals surface area contributed by atoms with Gasteiger partial charge in [-0.05, 0) is 31.0 Å². The fourth-order valence-electron chi connectivity index (χ4n) is 2.09. The zero-order valence-corrected chi connectivity index (χ0v) is 13.5. The number of halogens is 1. The van der Waals surface area contributed by atoms with Gasteiger partial charge in [0.2, 0.25) is 5.91 Å². The summed E-state index contributed by atoms with van der Waals surface area (Å²) in [7, 11) is 1.75. The van der Waals surface area contributed by atoms with E-state index in [2.05, 4.69) is 21.2 Å². The van der Waals surface area contributed by atoms with E-state index in [1.807, 2.05) is 26.0 Å². The van der Waals surface area contributed by atoms with E-state index in [1.165, 1.54) is 4.90 Å². The van der Waals surface area contributed by atoms with Gasteiger partial charge in [-0.15, -0.1) is 0 Å². The highest BCUT2D eigenvalue weighted by Gasteiger charge is 2.25. The van der Waals surface area contributed by atoms with Crippen LogP contribution in [0, 0.1) is 13.8 Å². The van der Waals surface area contributed by atoms with Crippen LogP contribution < -0.4 is 5.32 Å². The Morgan fingerprint density at radius 1 is 1.25 bits per heavy atom. The molecule has 108 valence electrons. The number of benzene rings is 1. The number of hydrogen-bond donors (Lipinski definition) is 1. The van der Waals surface area contributed by atoms with E-state index in [1.54, 1.807) is 11.9 Å². The predicted molar refractivity (Wildman–Crippen MR) is 81.8 cm³/mol. The normalized spacial score (nSPS) is 15.5. The lowest BCUT2D eigenvalue weighted by Gasteiger charge is -2.32. The molecule has 0 bridgehead atoms. The number of urea groups is 1. The van der Waals surface area contributed by atoms with Crippen LogP contribution in [0.5, 0.6) is 0 Å². The molecule has 0 aliphatic carbocycles. The zero-order valence-electron chi connectivity index (χ0n) is 11.9. The first-order valence-electron chi connectivity index (χ1n) is 6.45. The van der Waals surface area contributed by atoms with Gasteiger partial charge in [0.05, 0.1) is 0 Å². The molecular formula is C14H18BrN3O2. The van der Waals surface area contributed by atoms with Crippen LogP contribution >= 0.6 is 15.9 Å². The molecular weight excluding hydrogens is 322 g/mol. The van der Waals surface area contributed by atoms with Gasteiger partial charge in [-0.25, -0.2) is 4.79 Å². The van der Waals surface area contributed by atoms with Crippen LogP contribution in [-0.4, -0.2) is 48.4 Å². The van der Waals surface area contributed by atoms with Gasteiger partial charge >= 0.3 is 6.03 Å². The van der Waals surface area contributed by atoms with Crippen molar-refractivity contribution in [3.05, 3.63) is 27.7 Å². The molecule has 5 nitrogen and oxygen atoms in total. The largest absolute Gasteiger partial charge is 0.342 e. The third-order valence-electron chi connectivity index (χ3n) is 3.49. The number of carbonyl (C=O) groups excluding carboxylic acids is 2. The van der Waals surface area contributed by atoms with Crippen molar-refractivity contribution < 1.29 is 9.59 Å². The average molecular weight is 340 g/mol. The number of nitrogens with one attached hydrogen (secondary N) is 1. The van der Waals surface area contributed by atoms with Crippen LogP contribution in [0.3, 0.4) is 0 Å². The van der Waals surface area contributed by atoms with Crippen molar-refractivity contribution in [1.29, 1.82) is 0 Å². The molecule has 1 aliphatic rings. The molecule has 1 fully saturated rings. The minimum atomic E-state index is -0.231. The molecule has 1 heterocycles. The summed E-state index contributed by atoms with van der Waals surface area (Å²) in [5.74, 6) is -0.0341. The fourth-order valence-corrected chi connectivity index (χ4v) is 2.43. The number of carbonyl (C=O) groups is 2. The molecule has 1 aromatic rings. The second-order valence-corrected chi connectivity index (χ2v) is 5.94. The van der Waals surface area contributed by atoms with Gasteiger partial charge in [-0.3, -0.25) is 4.79 Å². The first kappa shape index (κ1) is 14.8. The standard InChI is InChI=1S/C14H18BrN3O2/c1-9-6-10(2)12(7-11(9)15)16-14(20)18-5-4-17(3)13(19)8-18/h6-7H,4-5,8H2,1-3H3,(H,16,20). The van der Waals surface area contributed by atoms with Crippen LogP contribution in [0.1, 0.15) is 11.1 Å². The number of piperazine rings is 1. The molecule has 0 saturated carbocycles. The molecule has 2 rings (SSSR count). The Kier molecular flexibility index (Phi) is 4.32. The lowest BCUT2D eigenvalue weighted by Crippen LogP contribution is -2.51. The Hall–Kier alpha value is -1.56. The smallest absolute Gasteiger partial charge is 0.322 e. The van der Waals surface area contributed by atoms with Crippen molar-refractivity contribution in [2.45, 2.75) is 13.8 Å². The van der Waals surface area contributed by atoms with Gasteiger partial charge in [0.1, 0.15) is 6.54 Å². The van der Waals surface area contributed by atoms with Gasteiger partial charge in [-0.1, -0.05) is 22.0 Å². The quantitative estimate of drug-likeness (QED) is 0.853. The Bertz CT molecular complexity index is 560. The fraction of sp³-hybridized carbons (Fsp3) is 0.429. The number of nitrogens with zero attached hydrogens (tertiary/aromatic N) is 2. The molecule has 1 aliphatic heterocycles. The first-order chi connectivity index (χ1) is 9.38. The van der Waals surface area contributed by atoms with Gasteiger partial charge in [-0.2, -0.15) is 0 Å². The molecule has 1 saturated heterocycles. The molecule has 1 N–H and O–H groups in total. The van der Waals surface area contributed by atoms with E-state index in [0.717, 1.165) is 21.3 Å². The Morgan fingerprint density at radius 3 is 2.60 bits per heavy atom. The van der Waals surface area contributed by atoms with Crippen molar-refractivity contribution in [3.63, 3.8) is 0 Å². The summed E-state index contributed by atoms with van der Waals surface area (Å²) in [6.07, 6.45) is 0. The van der Waals surface area contributed by atoms with Crippen molar-refractivity contribution in [2.75, 3.05) is 32.0 Å². The molecule has 1 aromatic carbocycles. The van der Waals surface area contributed by atoms with Gasteiger partial charge in [0.25, 0.3) is 0 Å². The maximum Gasteiger partial charge on any atom is 0.322 e. The van der Waals surface area contributed by atoms with Crippen LogP contribution in [-0.2, 0) is 4.79 Å². The lowest BCUT2D eigenvalue weighted by atomic mass is 10.1. The molecule has 0 unspecified atom stereocenters. The summed E-state index contributed by atoms with van der Waals surface area (Å²) in [4.78, 5) is 27.0. The summed E-state index contributed by atoms with van der Waals surface area (Å²) in [5.41, 5.74) is 2.88. The highest BCUT2D eigenvalue weighted by atomic mass is 79.9. The van der Waals surface area contributed by atoms with Gasteiger partial charge in [0.15, 0.2) is 0 Å². The minimum absolute atomic E-state index is 0.0341. The third-order valence-corrected chi connectivity index (χ3v) is 4.35. The van der Waals surface area contributed by atoms with Crippen LogP contribution in [0.25, 0.3) is 0 Å². The summed E-state index contributed by atoms with van der Waals surface area (Å²) in [5, 5.41) is 2.87. The molecule has 0 aromatic heterocycles. The van der Waals surface area contributed by atoms with E-state index in [0.29, 0.717) is 13.1 Å². The second-order valence-electron chi connectivity index (χ2n) is 5.08. The minimum Gasteiger partial charge on any atom is -0.342 e. The van der Waals surface area contributed by atoms with Crippen LogP contribution in [0.2, 0.25) is 0 Å². The monoisotopic (exact) mass is 339 g/mol. The summed E-state index contributed by atoms with van der Waals surface area (Å²) < 4.78 is 0.952. The van der Waals surface area contributed by atoms with Crippen molar-refractivity contribution in [3.8, 4) is 0 Å². The van der Waals surface area contributed by atoms with E-state index >= 15 is 0 Å². The number of rotatable bonds is 1. The second kappa shape index (κ2) is 5.83. The van der Waals surface area contributed by atoms with Crippen molar-refractivity contribution in [2.24, 2.45) is 0 Å². The topological polar surface area (TPSA) is 52.7 Å². The molecule has 6 heteroatoms. The molecule has 0 atom stereocenters. The van der Waals surface area contributed by atoms with Gasteiger partial charge in [0, 0.05) is 30.3 Å². The number of amides is 3. The SMILES string of the molecule is Cc1cc(C)c(NC(=O)N2CCN(C)C(=O)C2)cc1Br. The van der Waals surface area contributed by atoms with E-state index in [-0.39, 0.29) is 18.5 Å². The van der Waals surface area contributed by atoms with Crippen LogP contribution in [0.15, 0.2) is 16.6 Å². The van der Waals surface area contributed by atoms with Crippen molar-refractivity contribution >= 4 is 33.6 Å². The summed E-state index contributed by atoms with van der Waals surface area (Å²) in [6.45, 7) is 5.21. The van der Waals surface area contributed by atoms with E-state index < -0.39 is 0 Å². The molecule has 0 spiro atoms. The predicted octanol–water partition coefficient (Wildman–Crippen LogP) is 2.37. The number of aryl methyl sites for hydroxylation is 2. The molecule has 3 amide bonds. The number of likely N-dealkylation sites (N-methyl/N-ethyl adjacent to an activating group) is 1. The average Bonchev–Trinajstić information content (AvgIpc) is 2.39. The van der Waals surface area contributed by atoms with E-state index in [4.69, 9.17) is 0 Å². The summed E-state index contributed by atoms with van der Waals surface area (Å²) >= 11 is 3.46. The first-order valence-corrected chi connectivity index (χ1v) is 7.24. The number of anilines is 1. The zero-order chi connectivity index (χ0) is 14.9. The maximum atomic E-state index is 12.2. The van der Waals surface area contributed by atoms with Crippen LogP contribution in [0.4, 0.5) is 10.5 Å².